The number of amides is 1. The van der Waals surface area contributed by atoms with Crippen molar-refractivity contribution < 1.29 is 18.3 Å². The number of pyridine rings is 3. The van der Waals surface area contributed by atoms with Crippen LogP contribution in [-0.4, -0.2) is 60.7 Å². The van der Waals surface area contributed by atoms with Crippen molar-refractivity contribution in [1.29, 1.82) is 0 Å². The zero-order chi connectivity index (χ0) is 29.6. The normalized spacial score (nSPS) is 21.4. The van der Waals surface area contributed by atoms with E-state index >= 15 is 4.39 Å². The Morgan fingerprint density at radius 1 is 1.12 bits per heavy atom. The highest BCUT2D eigenvalue weighted by Crippen LogP contribution is 2.39. The number of halogens is 2. The first-order valence-corrected chi connectivity index (χ1v) is 14.8. The van der Waals surface area contributed by atoms with Crippen LogP contribution in [0.4, 0.5) is 8.78 Å². The van der Waals surface area contributed by atoms with Gasteiger partial charge in [0.1, 0.15) is 22.7 Å². The van der Waals surface area contributed by atoms with Gasteiger partial charge in [-0.05, 0) is 68.7 Å². The molecule has 43 heavy (non-hydrogen) atoms. The molecule has 2 unspecified atom stereocenters. The van der Waals surface area contributed by atoms with E-state index in [9.17, 15) is 9.18 Å². The molecule has 2 saturated carbocycles. The lowest BCUT2D eigenvalue weighted by Gasteiger charge is -2.27. The monoisotopic (exact) mass is 583 g/mol. The van der Waals surface area contributed by atoms with Crippen molar-refractivity contribution in [3.8, 4) is 28.5 Å². The number of nitrogens with zero attached hydrogens (tertiary/aromatic N) is 6. The Morgan fingerprint density at radius 2 is 1.95 bits per heavy atom. The number of likely N-dealkylation sites (tertiary alicyclic amines) is 1. The first kappa shape index (κ1) is 26.3. The number of methoxy groups -OCH3 is 1. The van der Waals surface area contributed by atoms with Gasteiger partial charge in [0.15, 0.2) is 5.82 Å². The molecule has 2 N–H and O–H groups in total. The second-order valence-corrected chi connectivity index (χ2v) is 12.2. The van der Waals surface area contributed by atoms with Gasteiger partial charge in [-0.3, -0.25) is 4.79 Å². The number of aryl methyl sites for hydroxylation is 1. The first-order chi connectivity index (χ1) is 20.8. The molecule has 11 heteroatoms. The van der Waals surface area contributed by atoms with Gasteiger partial charge in [-0.15, -0.1) is 0 Å². The third kappa shape index (κ3) is 4.12. The number of rotatable bonds is 6. The lowest BCUT2D eigenvalue weighted by Crippen LogP contribution is -2.41. The summed E-state index contributed by atoms with van der Waals surface area (Å²) in [7, 11) is 1.48. The summed E-state index contributed by atoms with van der Waals surface area (Å²) in [6.07, 6.45) is 6.89. The van der Waals surface area contributed by atoms with Gasteiger partial charge in [-0.2, -0.15) is 5.10 Å². The van der Waals surface area contributed by atoms with Gasteiger partial charge in [0.2, 0.25) is 5.88 Å². The first-order valence-electron chi connectivity index (χ1n) is 14.8. The SMILES string of the molecule is COc1cc(-c2ccc3cc(-c4nn5cc(C(=O)N6CC7CCC6[C@@H]7N)cc(F)c5c4C)n(CC4CC4)c3n2)c(F)cn1. The Balaban J connectivity index is 1.23. The Morgan fingerprint density at radius 3 is 2.67 bits per heavy atom. The smallest absolute Gasteiger partial charge is 0.255 e. The van der Waals surface area contributed by atoms with E-state index in [1.54, 1.807) is 17.2 Å². The van der Waals surface area contributed by atoms with Gasteiger partial charge >= 0.3 is 0 Å². The van der Waals surface area contributed by atoms with E-state index in [0.717, 1.165) is 43.0 Å². The number of carbonyl (C=O) groups is 1. The van der Waals surface area contributed by atoms with Crippen LogP contribution in [0.25, 0.3) is 39.2 Å². The molecular formula is C32H31F2N7O2. The fourth-order valence-corrected chi connectivity index (χ4v) is 7.03. The second kappa shape index (κ2) is 9.57. The summed E-state index contributed by atoms with van der Waals surface area (Å²) in [5, 5.41) is 5.69. The van der Waals surface area contributed by atoms with Crippen LogP contribution < -0.4 is 10.5 Å². The molecule has 5 aromatic heterocycles. The molecular weight excluding hydrogens is 552 g/mol. The molecule has 9 nitrogen and oxygen atoms in total. The van der Waals surface area contributed by atoms with E-state index in [1.807, 2.05) is 19.1 Å². The molecule has 1 aliphatic heterocycles. The van der Waals surface area contributed by atoms with E-state index in [2.05, 4.69) is 9.55 Å². The average molecular weight is 584 g/mol. The molecule has 0 aromatic carbocycles. The fraction of sp³-hybridized carbons (Fsp3) is 0.375. The lowest BCUT2D eigenvalue weighted by atomic mass is 10.1. The maximum absolute atomic E-state index is 15.7. The van der Waals surface area contributed by atoms with E-state index in [1.165, 1.54) is 23.8 Å². The van der Waals surface area contributed by atoms with Crippen molar-refractivity contribution >= 4 is 22.5 Å². The third-order valence-electron chi connectivity index (χ3n) is 9.52. The van der Waals surface area contributed by atoms with Gasteiger partial charge < -0.3 is 19.9 Å². The molecule has 3 aliphatic rings. The maximum atomic E-state index is 15.7. The predicted octanol–water partition coefficient (Wildman–Crippen LogP) is 4.98. The van der Waals surface area contributed by atoms with Gasteiger partial charge in [-0.1, -0.05) is 0 Å². The van der Waals surface area contributed by atoms with Crippen molar-refractivity contribution in [3.05, 3.63) is 65.5 Å². The van der Waals surface area contributed by atoms with Crippen molar-refractivity contribution in [2.75, 3.05) is 13.7 Å². The molecule has 6 heterocycles. The molecule has 8 rings (SSSR count). The van der Waals surface area contributed by atoms with E-state index in [0.29, 0.717) is 64.5 Å². The summed E-state index contributed by atoms with van der Waals surface area (Å²) in [5.74, 6) is -0.0962. The molecule has 220 valence electrons. The molecule has 0 spiro atoms. The van der Waals surface area contributed by atoms with Crippen LogP contribution in [0.15, 0.2) is 42.7 Å². The maximum Gasteiger partial charge on any atom is 0.255 e. The van der Waals surface area contributed by atoms with Crippen molar-refractivity contribution in [1.82, 2.24) is 29.0 Å². The Kier molecular flexibility index (Phi) is 5.84. The zero-order valence-corrected chi connectivity index (χ0v) is 23.9. The Labute approximate surface area is 246 Å². The number of hydrogen-bond donors (Lipinski definition) is 1. The summed E-state index contributed by atoms with van der Waals surface area (Å²) < 4.78 is 39.3. The van der Waals surface area contributed by atoms with Gasteiger partial charge in [0, 0.05) is 53.9 Å². The standard InChI is InChI=1S/C32H31F2N7O2/c1-16-29(38-41-15-20(9-22(33)30(16)41)32(42)40-14-19-6-8-25(40)28(19)35)26-10-18-5-7-24(21-11-27(43-2)36-12-23(21)34)37-31(18)39(26)13-17-3-4-17/h5,7,9-12,15,17,19,25,28H,3-4,6,8,13-14,35H2,1-2H3/t19?,25?,28-/m1/s1. The van der Waals surface area contributed by atoms with Gasteiger partial charge in [0.25, 0.3) is 5.91 Å². The predicted molar refractivity (Wildman–Crippen MR) is 157 cm³/mol. The van der Waals surface area contributed by atoms with E-state index in [-0.39, 0.29) is 23.6 Å². The van der Waals surface area contributed by atoms with Crippen molar-refractivity contribution in [3.63, 3.8) is 0 Å². The van der Waals surface area contributed by atoms with Gasteiger partial charge in [-0.25, -0.2) is 23.3 Å². The summed E-state index contributed by atoms with van der Waals surface area (Å²) in [5.41, 5.74) is 10.5. The minimum atomic E-state index is -0.497. The summed E-state index contributed by atoms with van der Waals surface area (Å²) in [6, 6.07) is 8.52. The highest BCUT2D eigenvalue weighted by molar-refractivity contribution is 5.95. The molecule has 1 saturated heterocycles. The summed E-state index contributed by atoms with van der Waals surface area (Å²) in [4.78, 5) is 24.1. The number of fused-ring (bicyclic) bond motifs is 4. The summed E-state index contributed by atoms with van der Waals surface area (Å²) in [6.45, 7) is 3.17. The molecule has 3 fully saturated rings. The van der Waals surface area contributed by atoms with Crippen LogP contribution in [-0.2, 0) is 6.54 Å². The number of carbonyl (C=O) groups excluding carboxylic acids is 1. The van der Waals surface area contributed by atoms with Crippen molar-refractivity contribution in [2.45, 2.75) is 51.2 Å². The molecule has 2 aliphatic carbocycles. The number of ether oxygens (including phenoxy) is 1. The second-order valence-electron chi connectivity index (χ2n) is 12.2. The number of piperidine rings is 1. The summed E-state index contributed by atoms with van der Waals surface area (Å²) >= 11 is 0. The zero-order valence-electron chi connectivity index (χ0n) is 23.9. The fourth-order valence-electron chi connectivity index (χ4n) is 7.03. The van der Waals surface area contributed by atoms with Crippen LogP contribution in [0.3, 0.4) is 0 Å². The minimum absolute atomic E-state index is 0.00316. The molecule has 2 bridgehead atoms. The Hall–Kier alpha value is -4.38. The van der Waals surface area contributed by atoms with Crippen LogP contribution in [0.2, 0.25) is 0 Å². The topological polar surface area (TPSA) is 104 Å². The van der Waals surface area contributed by atoms with Crippen molar-refractivity contribution in [2.24, 2.45) is 17.6 Å². The highest BCUT2D eigenvalue weighted by Gasteiger charge is 2.47. The van der Waals surface area contributed by atoms with Gasteiger partial charge in [0.05, 0.1) is 30.3 Å². The lowest BCUT2D eigenvalue weighted by molar-refractivity contribution is 0.0699. The molecule has 1 amide bonds. The quantitative estimate of drug-likeness (QED) is 0.303. The number of nitrogens with two attached hydrogens (primary N) is 1. The molecule has 3 atom stereocenters. The number of hydrogen-bond acceptors (Lipinski definition) is 6. The van der Waals surface area contributed by atoms with Crippen LogP contribution in [0, 0.1) is 30.4 Å². The molecule has 5 aromatic rings. The Bertz CT molecular complexity index is 1950. The van der Waals surface area contributed by atoms with E-state index < -0.39 is 11.6 Å². The van der Waals surface area contributed by atoms with Crippen LogP contribution in [0.5, 0.6) is 5.88 Å². The molecule has 0 radical (unpaired) electrons. The highest BCUT2D eigenvalue weighted by atomic mass is 19.1. The van der Waals surface area contributed by atoms with E-state index in [4.69, 9.17) is 20.6 Å². The average Bonchev–Trinajstić information content (AvgIpc) is 3.40. The minimum Gasteiger partial charge on any atom is -0.481 e. The largest absolute Gasteiger partial charge is 0.481 e. The van der Waals surface area contributed by atoms with Crippen LogP contribution in [0.1, 0.15) is 41.6 Å². The number of aromatic nitrogens is 5. The third-order valence-corrected chi connectivity index (χ3v) is 9.52. The van der Waals surface area contributed by atoms with Crippen LogP contribution >= 0.6 is 0 Å².